The molecule has 0 atom stereocenters. The van der Waals surface area contributed by atoms with Gasteiger partial charge in [0.1, 0.15) is 25.0 Å². The van der Waals surface area contributed by atoms with Gasteiger partial charge in [-0.25, -0.2) is 9.13 Å². The standard InChI is InChI=1S/C33H54N2.2C2HF3O2/c1-2-6-10-14-18-26-34-28-21-25-33(31-34)23-17-13-9-5-3-7-11-15-19-27-35-29-20-24-32(30-35)22-16-12-8-4-1;2*3-2(4,5)1(6)7/h20-21,24-25,28-31H,1-19,22-23,26-27H2;2*(H,6,7)/q+2;;/p-2. The summed E-state index contributed by atoms with van der Waals surface area (Å²) in [4.78, 5) is 17.6. The lowest BCUT2D eigenvalue weighted by Crippen LogP contribution is -2.37. The van der Waals surface area contributed by atoms with Crippen molar-refractivity contribution < 1.29 is 55.3 Å². The number of nitrogens with zero attached hydrogens (tertiary/aromatic N) is 2. The van der Waals surface area contributed by atoms with Crippen molar-refractivity contribution in [1.29, 1.82) is 0 Å². The molecular formula is C37H54F6N2O4. The number of halogens is 6. The van der Waals surface area contributed by atoms with Crippen LogP contribution >= 0.6 is 0 Å². The van der Waals surface area contributed by atoms with Gasteiger partial charge in [0.2, 0.25) is 0 Å². The van der Waals surface area contributed by atoms with Gasteiger partial charge in [0.05, 0.1) is 0 Å². The first-order valence-corrected chi connectivity index (χ1v) is 17.8. The van der Waals surface area contributed by atoms with Crippen LogP contribution in [0.4, 0.5) is 26.3 Å². The Labute approximate surface area is 287 Å². The predicted molar refractivity (Wildman–Crippen MR) is 171 cm³/mol. The molecule has 278 valence electrons. The summed E-state index contributed by atoms with van der Waals surface area (Å²) in [7, 11) is 0. The van der Waals surface area contributed by atoms with E-state index in [1.54, 1.807) is 0 Å². The third-order valence-corrected chi connectivity index (χ3v) is 8.32. The molecule has 0 spiro atoms. The van der Waals surface area contributed by atoms with Gasteiger partial charge in [0.15, 0.2) is 24.8 Å². The second-order valence-electron chi connectivity index (χ2n) is 12.7. The Morgan fingerprint density at radius 1 is 0.469 bits per heavy atom. The quantitative estimate of drug-likeness (QED) is 0.217. The number of carboxylic acid groups (broad SMARTS) is 2. The van der Waals surface area contributed by atoms with Gasteiger partial charge < -0.3 is 19.8 Å². The molecule has 4 bridgehead atoms. The second kappa shape index (κ2) is 25.7. The number of hydrogen-bond donors (Lipinski definition) is 0. The largest absolute Gasteiger partial charge is 0.542 e. The lowest BCUT2D eigenvalue weighted by molar-refractivity contribution is -0.697. The summed E-state index contributed by atoms with van der Waals surface area (Å²) in [5.41, 5.74) is 3.06. The van der Waals surface area contributed by atoms with Gasteiger partial charge in [0, 0.05) is 36.1 Å². The molecule has 0 saturated carbocycles. The smallest absolute Gasteiger partial charge is 0.430 e. The molecule has 1 aliphatic rings. The minimum Gasteiger partial charge on any atom is -0.542 e. The Bertz CT molecular complexity index is 1080. The van der Waals surface area contributed by atoms with E-state index in [1.165, 1.54) is 159 Å². The first-order chi connectivity index (χ1) is 23.3. The normalized spacial score (nSPS) is 17.3. The fourth-order valence-electron chi connectivity index (χ4n) is 5.63. The molecule has 0 fully saturated rings. The molecule has 0 N–H and O–H groups in total. The number of rotatable bonds is 0. The first kappa shape index (κ1) is 43.8. The van der Waals surface area contributed by atoms with Crippen molar-refractivity contribution in [1.82, 2.24) is 0 Å². The van der Waals surface area contributed by atoms with Crippen molar-refractivity contribution in [3.8, 4) is 0 Å². The van der Waals surface area contributed by atoms with E-state index in [0.29, 0.717) is 0 Å². The lowest BCUT2D eigenvalue weighted by atomic mass is 10.0. The SMILES string of the molecule is O=C([O-])C(F)(F)F.O=C([O-])C(F)(F)F.c1cc2c[n+](c1)CCCCCCCCCCCCc1ccc[n+](c1)CCCCCCCCCCC2. The number of carbonyl (C=O) groups is 2. The Morgan fingerprint density at radius 3 is 0.980 bits per heavy atom. The molecule has 2 aromatic heterocycles. The van der Waals surface area contributed by atoms with E-state index in [2.05, 4.69) is 58.2 Å². The van der Waals surface area contributed by atoms with Crippen LogP contribution in [0.3, 0.4) is 0 Å². The van der Waals surface area contributed by atoms with Crippen LogP contribution < -0.4 is 19.3 Å². The van der Waals surface area contributed by atoms with Gasteiger partial charge in [-0.2, -0.15) is 26.3 Å². The third-order valence-electron chi connectivity index (χ3n) is 8.32. The summed E-state index contributed by atoms with van der Waals surface area (Å²) in [6.45, 7) is 2.38. The van der Waals surface area contributed by atoms with E-state index in [0.717, 1.165) is 0 Å². The number of hydrogen-bond acceptors (Lipinski definition) is 4. The Hall–Kier alpha value is -3.18. The van der Waals surface area contributed by atoms with Crippen molar-refractivity contribution in [2.45, 2.75) is 160 Å². The summed E-state index contributed by atoms with van der Waals surface area (Å²) in [5, 5.41) is 17.6. The maximum absolute atomic E-state index is 10.5. The van der Waals surface area contributed by atoms with Crippen LogP contribution in [0.15, 0.2) is 49.1 Å². The van der Waals surface area contributed by atoms with Crippen LogP contribution in [0.1, 0.15) is 133 Å². The van der Waals surface area contributed by atoms with Crippen LogP contribution in [0.2, 0.25) is 0 Å². The van der Waals surface area contributed by atoms with Crippen molar-refractivity contribution >= 4 is 11.9 Å². The summed E-state index contributed by atoms with van der Waals surface area (Å²) < 4.78 is 68.0. The van der Waals surface area contributed by atoms with E-state index < -0.39 is 24.3 Å². The molecule has 6 nitrogen and oxygen atoms in total. The Balaban J connectivity index is 0.000000717. The zero-order chi connectivity index (χ0) is 36.4. The average Bonchev–Trinajstić information content (AvgIpc) is 3.04. The van der Waals surface area contributed by atoms with E-state index >= 15 is 0 Å². The van der Waals surface area contributed by atoms with Crippen LogP contribution in [-0.4, -0.2) is 24.3 Å². The minimum absolute atomic E-state index is 1.19. The number of aromatic nitrogens is 2. The number of alkyl halides is 6. The molecular weight excluding hydrogens is 650 g/mol. The molecule has 0 radical (unpaired) electrons. The topological polar surface area (TPSA) is 88.0 Å². The Kier molecular flexibility index (Phi) is 23.0. The highest BCUT2D eigenvalue weighted by atomic mass is 19.4. The fourth-order valence-corrected chi connectivity index (χ4v) is 5.63. The second-order valence-corrected chi connectivity index (χ2v) is 12.7. The lowest BCUT2D eigenvalue weighted by Gasteiger charge is -2.04. The molecule has 3 heterocycles. The molecule has 3 rings (SSSR count). The number of pyridine rings is 2. The van der Waals surface area contributed by atoms with Gasteiger partial charge in [-0.3, -0.25) is 0 Å². The number of carbonyl (C=O) groups excluding carboxylic acids is 2. The maximum atomic E-state index is 10.5. The zero-order valence-electron chi connectivity index (χ0n) is 28.7. The molecule has 0 aliphatic carbocycles. The van der Waals surface area contributed by atoms with Gasteiger partial charge in [0.25, 0.3) is 0 Å². The maximum Gasteiger partial charge on any atom is 0.430 e. The molecule has 0 aromatic carbocycles. The highest BCUT2D eigenvalue weighted by molar-refractivity contribution is 5.71. The summed E-state index contributed by atoms with van der Waals surface area (Å²) in [6, 6.07) is 9.16. The van der Waals surface area contributed by atoms with Crippen LogP contribution in [-0.2, 0) is 35.5 Å². The van der Waals surface area contributed by atoms with E-state index in [4.69, 9.17) is 19.8 Å². The van der Waals surface area contributed by atoms with Crippen LogP contribution in [0.5, 0.6) is 0 Å². The van der Waals surface area contributed by atoms with Crippen LogP contribution in [0.25, 0.3) is 0 Å². The molecule has 0 amide bonds. The van der Waals surface area contributed by atoms with E-state index in [-0.39, 0.29) is 0 Å². The van der Waals surface area contributed by atoms with Crippen LogP contribution in [0, 0.1) is 0 Å². The monoisotopic (exact) mass is 704 g/mol. The van der Waals surface area contributed by atoms with E-state index in [9.17, 15) is 26.3 Å². The predicted octanol–water partition coefficient (Wildman–Crippen LogP) is 7.07. The summed E-state index contributed by atoms with van der Waals surface area (Å²) in [5.74, 6) is -6.01. The van der Waals surface area contributed by atoms with Gasteiger partial charge in [-0.05, 0) is 50.7 Å². The van der Waals surface area contributed by atoms with E-state index in [1.807, 2.05) is 0 Å². The minimum atomic E-state index is -5.19. The summed E-state index contributed by atoms with van der Waals surface area (Å²) >= 11 is 0. The highest BCUT2D eigenvalue weighted by Crippen LogP contribution is 2.15. The molecule has 0 saturated heterocycles. The fraction of sp³-hybridized carbons (Fsp3) is 0.676. The van der Waals surface area contributed by atoms with Crippen molar-refractivity contribution in [2.75, 3.05) is 0 Å². The molecule has 0 unspecified atom stereocenters. The van der Waals surface area contributed by atoms with Gasteiger partial charge >= 0.3 is 12.4 Å². The Morgan fingerprint density at radius 2 is 0.714 bits per heavy atom. The van der Waals surface area contributed by atoms with Crippen molar-refractivity contribution in [3.63, 3.8) is 0 Å². The number of aliphatic carboxylic acids is 2. The summed E-state index contributed by atoms with van der Waals surface area (Å²) in [6.07, 6.45) is 28.0. The number of carboxylic acids is 2. The van der Waals surface area contributed by atoms with Gasteiger partial charge in [-0.15, -0.1) is 0 Å². The molecule has 12 heteroatoms. The number of fused-ring (bicyclic) bond motifs is 4. The highest BCUT2D eigenvalue weighted by Gasteiger charge is 2.29. The number of aryl methyl sites for hydroxylation is 4. The van der Waals surface area contributed by atoms with Crippen molar-refractivity contribution in [2.24, 2.45) is 0 Å². The first-order valence-electron chi connectivity index (χ1n) is 17.8. The van der Waals surface area contributed by atoms with Gasteiger partial charge in [-0.1, -0.05) is 83.5 Å². The molecule has 49 heavy (non-hydrogen) atoms. The van der Waals surface area contributed by atoms with Crippen molar-refractivity contribution in [3.05, 3.63) is 60.2 Å². The average molecular weight is 705 g/mol. The zero-order valence-corrected chi connectivity index (χ0v) is 28.7. The third kappa shape index (κ3) is 24.6. The molecule has 1 aliphatic heterocycles. The molecule has 2 aromatic rings.